The summed E-state index contributed by atoms with van der Waals surface area (Å²) in [7, 11) is 0. The van der Waals surface area contributed by atoms with Crippen LogP contribution in [0.3, 0.4) is 0 Å². The fourth-order valence-corrected chi connectivity index (χ4v) is 1.26. The fraction of sp³-hybridized carbons (Fsp3) is 0.786. The Morgan fingerprint density at radius 1 is 1.19 bits per heavy atom. The lowest BCUT2D eigenvalue weighted by atomic mass is 10.1. The van der Waals surface area contributed by atoms with Gasteiger partial charge in [0.2, 0.25) is 0 Å². The first-order chi connectivity index (χ1) is 7.52. The summed E-state index contributed by atoms with van der Waals surface area (Å²) in [6, 6.07) is 0. The van der Waals surface area contributed by atoms with Crippen LogP contribution in [-0.2, 0) is 9.53 Å². The molecule has 92 valence electrons. The van der Waals surface area contributed by atoms with Gasteiger partial charge in [-0.2, -0.15) is 0 Å². The van der Waals surface area contributed by atoms with E-state index >= 15 is 0 Å². The van der Waals surface area contributed by atoms with Gasteiger partial charge in [0.15, 0.2) is 6.61 Å². The van der Waals surface area contributed by atoms with Crippen molar-refractivity contribution >= 4 is 5.97 Å². The standard InChI is InChI=1S/C14H24O2/c1-12(2)8-5-6-10-14(15)16-11-7-9-13(3)4/h12-13H,5-6,8,10-11H2,1-4H3. The summed E-state index contributed by atoms with van der Waals surface area (Å²) in [5, 5.41) is 0. The van der Waals surface area contributed by atoms with Gasteiger partial charge in [-0.3, -0.25) is 4.79 Å². The highest BCUT2D eigenvalue weighted by Gasteiger charge is 2.01. The number of hydrogen-bond acceptors (Lipinski definition) is 2. The van der Waals surface area contributed by atoms with Crippen LogP contribution in [0.15, 0.2) is 0 Å². The van der Waals surface area contributed by atoms with E-state index in [4.69, 9.17) is 4.74 Å². The second-order valence-electron chi connectivity index (χ2n) is 4.78. The van der Waals surface area contributed by atoms with Crippen LogP contribution in [0.5, 0.6) is 0 Å². The summed E-state index contributed by atoms with van der Waals surface area (Å²) < 4.78 is 4.99. The van der Waals surface area contributed by atoms with Gasteiger partial charge in [-0.05, 0) is 12.3 Å². The Balaban J connectivity index is 3.43. The van der Waals surface area contributed by atoms with Crippen LogP contribution in [0.25, 0.3) is 0 Å². The summed E-state index contributed by atoms with van der Waals surface area (Å²) in [5.41, 5.74) is 0. The molecule has 0 aromatic carbocycles. The first-order valence-corrected chi connectivity index (χ1v) is 6.16. The number of ether oxygens (including phenoxy) is 1. The van der Waals surface area contributed by atoms with Crippen LogP contribution >= 0.6 is 0 Å². The van der Waals surface area contributed by atoms with Gasteiger partial charge < -0.3 is 4.74 Å². The maximum atomic E-state index is 11.2. The third-order valence-corrected chi connectivity index (χ3v) is 2.11. The molecule has 0 amide bonds. The highest BCUT2D eigenvalue weighted by Crippen LogP contribution is 2.08. The molecule has 0 atom stereocenters. The molecule has 0 saturated carbocycles. The van der Waals surface area contributed by atoms with E-state index in [2.05, 4.69) is 25.7 Å². The van der Waals surface area contributed by atoms with E-state index in [1.807, 2.05) is 13.8 Å². The second kappa shape index (κ2) is 9.27. The molecule has 2 nitrogen and oxygen atoms in total. The number of esters is 1. The van der Waals surface area contributed by atoms with Crippen LogP contribution < -0.4 is 0 Å². The molecule has 16 heavy (non-hydrogen) atoms. The Morgan fingerprint density at radius 2 is 1.88 bits per heavy atom. The van der Waals surface area contributed by atoms with Crippen molar-refractivity contribution in [3.63, 3.8) is 0 Å². The Bertz CT molecular complexity index is 243. The Labute approximate surface area is 99.8 Å². The number of rotatable bonds is 6. The fourth-order valence-electron chi connectivity index (χ4n) is 1.26. The Hall–Kier alpha value is -0.970. The largest absolute Gasteiger partial charge is 0.452 e. The van der Waals surface area contributed by atoms with Crippen molar-refractivity contribution in [2.24, 2.45) is 11.8 Å². The number of carbonyl (C=O) groups is 1. The molecule has 0 rings (SSSR count). The van der Waals surface area contributed by atoms with Gasteiger partial charge in [-0.1, -0.05) is 52.4 Å². The summed E-state index contributed by atoms with van der Waals surface area (Å²) >= 11 is 0. The molecule has 0 fully saturated rings. The third kappa shape index (κ3) is 11.1. The molecule has 0 bridgehead atoms. The topological polar surface area (TPSA) is 26.3 Å². The zero-order valence-electron chi connectivity index (χ0n) is 11.0. The van der Waals surface area contributed by atoms with Crippen LogP contribution in [-0.4, -0.2) is 12.6 Å². The quantitative estimate of drug-likeness (QED) is 0.392. The monoisotopic (exact) mass is 224 g/mol. The van der Waals surface area contributed by atoms with Crippen LogP contribution in [0.2, 0.25) is 0 Å². The zero-order valence-corrected chi connectivity index (χ0v) is 11.0. The van der Waals surface area contributed by atoms with Gasteiger partial charge in [0.25, 0.3) is 0 Å². The maximum Gasteiger partial charge on any atom is 0.306 e. The van der Waals surface area contributed by atoms with Crippen LogP contribution in [0.1, 0.15) is 53.4 Å². The van der Waals surface area contributed by atoms with Gasteiger partial charge in [0, 0.05) is 12.3 Å². The molecule has 0 aliphatic heterocycles. The molecule has 0 aliphatic carbocycles. The number of unbranched alkanes of at least 4 members (excludes halogenated alkanes) is 1. The van der Waals surface area contributed by atoms with E-state index < -0.39 is 0 Å². The van der Waals surface area contributed by atoms with Gasteiger partial charge in [0.05, 0.1) is 0 Å². The van der Waals surface area contributed by atoms with Crippen molar-refractivity contribution in [1.82, 2.24) is 0 Å². The molecule has 0 unspecified atom stereocenters. The lowest BCUT2D eigenvalue weighted by Crippen LogP contribution is -2.04. The average Bonchev–Trinajstić information content (AvgIpc) is 2.19. The van der Waals surface area contributed by atoms with Crippen molar-refractivity contribution in [3.8, 4) is 11.8 Å². The van der Waals surface area contributed by atoms with E-state index in [0.717, 1.165) is 12.8 Å². The van der Waals surface area contributed by atoms with E-state index in [1.54, 1.807) is 0 Å². The Kier molecular flexibility index (Phi) is 8.71. The molecule has 0 aliphatic rings. The minimum atomic E-state index is -0.123. The minimum absolute atomic E-state index is 0.123. The SMILES string of the molecule is CC(C)C#CCOC(=O)CCCCC(C)C. The number of carbonyl (C=O) groups excluding carboxylic acids is 1. The summed E-state index contributed by atoms with van der Waals surface area (Å²) in [5.74, 6) is 6.72. The van der Waals surface area contributed by atoms with E-state index in [9.17, 15) is 4.79 Å². The third-order valence-electron chi connectivity index (χ3n) is 2.11. The van der Waals surface area contributed by atoms with Crippen molar-refractivity contribution in [2.45, 2.75) is 53.4 Å². The molecule has 2 heteroatoms. The maximum absolute atomic E-state index is 11.2. The van der Waals surface area contributed by atoms with E-state index in [-0.39, 0.29) is 12.6 Å². The highest BCUT2D eigenvalue weighted by molar-refractivity contribution is 5.69. The average molecular weight is 224 g/mol. The molecule has 0 N–H and O–H groups in total. The lowest BCUT2D eigenvalue weighted by molar-refractivity contribution is -0.142. The number of hydrogen-bond donors (Lipinski definition) is 0. The molecular formula is C14H24O2. The molecule has 0 spiro atoms. The molecular weight excluding hydrogens is 200 g/mol. The first-order valence-electron chi connectivity index (χ1n) is 6.16. The van der Waals surface area contributed by atoms with Gasteiger partial charge in [0.1, 0.15) is 0 Å². The highest BCUT2D eigenvalue weighted by atomic mass is 16.5. The van der Waals surface area contributed by atoms with Crippen molar-refractivity contribution < 1.29 is 9.53 Å². The van der Waals surface area contributed by atoms with E-state index in [0.29, 0.717) is 18.3 Å². The first kappa shape index (κ1) is 15.0. The molecule has 0 aromatic rings. The predicted octanol–water partition coefficient (Wildman–Crippen LogP) is 3.41. The molecule has 0 radical (unpaired) electrons. The van der Waals surface area contributed by atoms with Crippen molar-refractivity contribution in [3.05, 3.63) is 0 Å². The van der Waals surface area contributed by atoms with E-state index in [1.165, 1.54) is 6.42 Å². The molecule has 0 saturated heterocycles. The zero-order chi connectivity index (χ0) is 12.4. The summed E-state index contributed by atoms with van der Waals surface area (Å²) in [6.07, 6.45) is 3.73. The van der Waals surface area contributed by atoms with Gasteiger partial charge >= 0.3 is 5.97 Å². The van der Waals surface area contributed by atoms with Crippen molar-refractivity contribution in [1.29, 1.82) is 0 Å². The van der Waals surface area contributed by atoms with Crippen molar-refractivity contribution in [2.75, 3.05) is 6.61 Å². The second-order valence-corrected chi connectivity index (χ2v) is 4.78. The van der Waals surface area contributed by atoms with Crippen LogP contribution in [0.4, 0.5) is 0 Å². The minimum Gasteiger partial charge on any atom is -0.452 e. The predicted molar refractivity (Wildman–Crippen MR) is 66.9 cm³/mol. The summed E-state index contributed by atoms with van der Waals surface area (Å²) in [6.45, 7) is 8.66. The molecule has 0 aromatic heterocycles. The van der Waals surface area contributed by atoms with Gasteiger partial charge in [-0.25, -0.2) is 0 Å². The smallest absolute Gasteiger partial charge is 0.306 e. The Morgan fingerprint density at radius 3 is 2.44 bits per heavy atom. The summed E-state index contributed by atoms with van der Waals surface area (Å²) in [4.78, 5) is 11.2. The normalized spacial score (nSPS) is 10.1. The lowest BCUT2D eigenvalue weighted by Gasteiger charge is -2.03. The molecule has 0 heterocycles. The van der Waals surface area contributed by atoms with Crippen LogP contribution in [0, 0.1) is 23.7 Å². The van der Waals surface area contributed by atoms with Gasteiger partial charge in [-0.15, -0.1) is 0 Å².